The first-order chi connectivity index (χ1) is 7.03. The van der Waals surface area contributed by atoms with E-state index in [-0.39, 0.29) is 17.3 Å². The van der Waals surface area contributed by atoms with Gasteiger partial charge in [-0.05, 0) is 55.4 Å². The zero-order valence-electron chi connectivity index (χ0n) is 8.76. The quantitative estimate of drug-likeness (QED) is 0.898. The molecule has 0 spiro atoms. The molecular formula is C12H15BrFN. The normalized spacial score (nSPS) is 20.0. The van der Waals surface area contributed by atoms with Crippen LogP contribution in [0.25, 0.3) is 0 Å². The molecule has 1 atom stereocenters. The Balaban J connectivity index is 2.21. The van der Waals surface area contributed by atoms with Crippen molar-refractivity contribution in [2.75, 3.05) is 0 Å². The lowest BCUT2D eigenvalue weighted by molar-refractivity contribution is 0.417. The standard InChI is InChI=1S/C12H15BrFN/c1-8(15)12(4-5-12)7-9-6-10(14)2-3-11(9)13/h2-3,6,8H,4-5,7,15H2,1H3. The number of benzene rings is 1. The summed E-state index contributed by atoms with van der Waals surface area (Å²) in [5.74, 6) is -0.173. The van der Waals surface area contributed by atoms with E-state index in [1.807, 2.05) is 6.92 Å². The highest BCUT2D eigenvalue weighted by Gasteiger charge is 2.45. The summed E-state index contributed by atoms with van der Waals surface area (Å²) in [5.41, 5.74) is 7.21. The number of hydrogen-bond donors (Lipinski definition) is 1. The summed E-state index contributed by atoms with van der Waals surface area (Å²) in [7, 11) is 0. The Morgan fingerprint density at radius 1 is 1.53 bits per heavy atom. The summed E-state index contributed by atoms with van der Waals surface area (Å²) in [6, 6.07) is 5.03. The fraction of sp³-hybridized carbons (Fsp3) is 0.500. The van der Waals surface area contributed by atoms with Gasteiger partial charge >= 0.3 is 0 Å². The van der Waals surface area contributed by atoms with Crippen molar-refractivity contribution >= 4 is 15.9 Å². The second-order valence-corrected chi connectivity index (χ2v) is 5.42. The Kier molecular flexibility index (Phi) is 2.86. The Hall–Kier alpha value is -0.410. The van der Waals surface area contributed by atoms with Gasteiger partial charge in [-0.2, -0.15) is 0 Å². The summed E-state index contributed by atoms with van der Waals surface area (Å²) >= 11 is 3.45. The fourth-order valence-electron chi connectivity index (χ4n) is 2.01. The number of rotatable bonds is 3. The second-order valence-electron chi connectivity index (χ2n) is 4.56. The summed E-state index contributed by atoms with van der Waals surface area (Å²) in [6.45, 7) is 2.04. The Morgan fingerprint density at radius 3 is 2.73 bits per heavy atom. The van der Waals surface area contributed by atoms with Gasteiger partial charge in [0.2, 0.25) is 0 Å². The molecule has 0 bridgehead atoms. The second kappa shape index (κ2) is 3.87. The van der Waals surface area contributed by atoms with Crippen molar-refractivity contribution in [2.24, 2.45) is 11.1 Å². The minimum absolute atomic E-state index is 0.173. The van der Waals surface area contributed by atoms with Gasteiger partial charge < -0.3 is 5.73 Å². The predicted octanol–water partition coefficient (Wildman–Crippen LogP) is 3.26. The highest BCUT2D eigenvalue weighted by Crippen LogP contribution is 2.51. The largest absolute Gasteiger partial charge is 0.327 e. The van der Waals surface area contributed by atoms with Gasteiger partial charge in [-0.1, -0.05) is 15.9 Å². The maximum atomic E-state index is 13.1. The maximum absolute atomic E-state index is 13.1. The molecule has 2 N–H and O–H groups in total. The average Bonchev–Trinajstić information content (AvgIpc) is 2.92. The molecule has 0 heterocycles. The van der Waals surface area contributed by atoms with Gasteiger partial charge in [-0.3, -0.25) is 0 Å². The van der Waals surface area contributed by atoms with Crippen molar-refractivity contribution in [3.05, 3.63) is 34.1 Å². The number of hydrogen-bond acceptors (Lipinski definition) is 1. The third-order valence-corrected chi connectivity index (χ3v) is 4.18. The average molecular weight is 272 g/mol. The van der Waals surface area contributed by atoms with E-state index < -0.39 is 0 Å². The fourth-order valence-corrected chi connectivity index (χ4v) is 2.40. The van der Waals surface area contributed by atoms with Gasteiger partial charge in [0, 0.05) is 10.5 Å². The lowest BCUT2D eigenvalue weighted by atomic mass is 9.90. The Labute approximate surface area is 98.0 Å². The molecule has 1 aliphatic rings. The predicted molar refractivity (Wildman–Crippen MR) is 63.1 cm³/mol. The third-order valence-electron chi connectivity index (χ3n) is 3.41. The molecule has 0 amide bonds. The zero-order valence-corrected chi connectivity index (χ0v) is 10.3. The van der Waals surface area contributed by atoms with Crippen molar-refractivity contribution in [1.82, 2.24) is 0 Å². The van der Waals surface area contributed by atoms with E-state index in [4.69, 9.17) is 5.73 Å². The summed E-state index contributed by atoms with van der Waals surface area (Å²) in [4.78, 5) is 0. The first-order valence-electron chi connectivity index (χ1n) is 5.23. The van der Waals surface area contributed by atoms with Crippen LogP contribution >= 0.6 is 15.9 Å². The van der Waals surface area contributed by atoms with Crippen LogP contribution in [0.5, 0.6) is 0 Å². The molecule has 1 saturated carbocycles. The van der Waals surface area contributed by atoms with Gasteiger partial charge in [0.25, 0.3) is 0 Å². The van der Waals surface area contributed by atoms with Crippen molar-refractivity contribution < 1.29 is 4.39 Å². The smallest absolute Gasteiger partial charge is 0.123 e. The van der Waals surface area contributed by atoms with Gasteiger partial charge in [0.1, 0.15) is 5.82 Å². The van der Waals surface area contributed by atoms with E-state index in [2.05, 4.69) is 15.9 Å². The summed E-state index contributed by atoms with van der Waals surface area (Å²) in [6.07, 6.45) is 3.20. The lowest BCUT2D eigenvalue weighted by Gasteiger charge is -2.20. The summed E-state index contributed by atoms with van der Waals surface area (Å²) < 4.78 is 14.1. The molecule has 0 saturated heterocycles. The van der Waals surface area contributed by atoms with E-state index in [0.29, 0.717) is 0 Å². The molecule has 0 radical (unpaired) electrons. The van der Waals surface area contributed by atoms with Crippen LogP contribution in [0.1, 0.15) is 25.3 Å². The van der Waals surface area contributed by atoms with Crippen LogP contribution < -0.4 is 5.73 Å². The Morgan fingerprint density at radius 2 is 2.20 bits per heavy atom. The van der Waals surface area contributed by atoms with E-state index in [1.54, 1.807) is 12.1 Å². The zero-order chi connectivity index (χ0) is 11.1. The van der Waals surface area contributed by atoms with Crippen molar-refractivity contribution in [3.63, 3.8) is 0 Å². The molecule has 3 heteroatoms. The first-order valence-corrected chi connectivity index (χ1v) is 6.02. The van der Waals surface area contributed by atoms with E-state index >= 15 is 0 Å². The van der Waals surface area contributed by atoms with Gasteiger partial charge in [0.05, 0.1) is 0 Å². The van der Waals surface area contributed by atoms with Crippen molar-refractivity contribution in [3.8, 4) is 0 Å². The van der Waals surface area contributed by atoms with E-state index in [9.17, 15) is 4.39 Å². The van der Waals surface area contributed by atoms with Crippen LogP contribution in [0.3, 0.4) is 0 Å². The lowest BCUT2D eigenvalue weighted by Crippen LogP contribution is -2.29. The monoisotopic (exact) mass is 271 g/mol. The van der Waals surface area contributed by atoms with Gasteiger partial charge in [-0.15, -0.1) is 0 Å². The van der Waals surface area contributed by atoms with E-state index in [0.717, 1.165) is 29.3 Å². The molecule has 1 aromatic carbocycles. The van der Waals surface area contributed by atoms with Crippen LogP contribution in [-0.4, -0.2) is 6.04 Å². The molecule has 0 aliphatic heterocycles. The molecule has 1 unspecified atom stereocenters. The maximum Gasteiger partial charge on any atom is 0.123 e. The highest BCUT2D eigenvalue weighted by molar-refractivity contribution is 9.10. The topological polar surface area (TPSA) is 26.0 Å². The van der Waals surface area contributed by atoms with Crippen LogP contribution in [0, 0.1) is 11.2 Å². The minimum atomic E-state index is -0.173. The SMILES string of the molecule is CC(N)C1(Cc2cc(F)ccc2Br)CC1. The van der Waals surface area contributed by atoms with Gasteiger partial charge in [0.15, 0.2) is 0 Å². The molecule has 0 aromatic heterocycles. The molecule has 1 nitrogen and oxygen atoms in total. The van der Waals surface area contributed by atoms with Crippen LogP contribution in [0.2, 0.25) is 0 Å². The third kappa shape index (κ3) is 2.23. The molecule has 1 aliphatic carbocycles. The molecule has 82 valence electrons. The first kappa shape index (κ1) is 11.1. The Bertz CT molecular complexity index is 372. The molecule has 1 fully saturated rings. The van der Waals surface area contributed by atoms with E-state index in [1.165, 1.54) is 6.07 Å². The van der Waals surface area contributed by atoms with Crippen LogP contribution in [-0.2, 0) is 6.42 Å². The highest BCUT2D eigenvalue weighted by atomic mass is 79.9. The van der Waals surface area contributed by atoms with Crippen LogP contribution in [0.15, 0.2) is 22.7 Å². The summed E-state index contributed by atoms with van der Waals surface area (Å²) in [5, 5.41) is 0. The molecule has 15 heavy (non-hydrogen) atoms. The van der Waals surface area contributed by atoms with Gasteiger partial charge in [-0.25, -0.2) is 4.39 Å². The molecular weight excluding hydrogens is 257 g/mol. The van der Waals surface area contributed by atoms with Crippen molar-refractivity contribution in [2.45, 2.75) is 32.2 Å². The van der Waals surface area contributed by atoms with Crippen LogP contribution in [0.4, 0.5) is 4.39 Å². The number of halogens is 2. The molecule has 1 aromatic rings. The number of nitrogens with two attached hydrogens (primary N) is 1. The minimum Gasteiger partial charge on any atom is -0.327 e. The van der Waals surface area contributed by atoms with Crippen molar-refractivity contribution in [1.29, 1.82) is 0 Å². The molecule has 2 rings (SSSR count).